The molecule has 2 heterocycles. The Hall–Kier alpha value is -2.81. The van der Waals surface area contributed by atoms with E-state index in [1.165, 1.54) is 31.2 Å². The van der Waals surface area contributed by atoms with E-state index in [-0.39, 0.29) is 41.5 Å². The molecule has 0 aromatic heterocycles. The molecule has 0 amide bonds. The molecule has 0 radical (unpaired) electrons. The number of benzene rings is 1. The van der Waals surface area contributed by atoms with Crippen molar-refractivity contribution in [2.24, 2.45) is 0 Å². The quantitative estimate of drug-likeness (QED) is 0.284. The number of ether oxygens (including phenoxy) is 3. The minimum atomic E-state index is -2.42. The molecule has 6 N–H and O–H groups in total. The van der Waals surface area contributed by atoms with Crippen LogP contribution in [0.5, 0.6) is 5.75 Å². The Bertz CT molecular complexity index is 1450. The zero-order valence-corrected chi connectivity index (χ0v) is 24.0. The van der Waals surface area contributed by atoms with Gasteiger partial charge >= 0.3 is 0 Å². The van der Waals surface area contributed by atoms with Gasteiger partial charge in [-0.2, -0.15) is 0 Å². The van der Waals surface area contributed by atoms with Crippen molar-refractivity contribution in [2.75, 3.05) is 0 Å². The van der Waals surface area contributed by atoms with E-state index in [0.29, 0.717) is 0 Å². The van der Waals surface area contributed by atoms with Crippen molar-refractivity contribution in [2.45, 2.75) is 113 Å². The molecule has 1 aromatic carbocycles. The monoisotopic (exact) mass is 600 g/mol. The number of carbonyl (C=O) groups is 3. The second-order valence-electron chi connectivity index (χ2n) is 12.7. The standard InChI is InChI=1S/C31H36O12/c1-13-18(32)6-7-22(42-13)43-31-21(34)11-29(3,39)12-30(31,40)9-8-17-24(31)28(38)16-5-4-15(26(36)23(16)27(17)37)20-10-19(33)25(35)14(2)41-20/h4-5,8-9,13-14,18-20,22,25,32-33,35-36,39-40H,6-7,10-12H2,1-3H3/t13-,14+,18+,19+,20+,22-,25+,29-,30-,31-/m0/s1. The fourth-order valence-corrected chi connectivity index (χ4v) is 7.25. The topological polar surface area (TPSA) is 200 Å². The minimum Gasteiger partial charge on any atom is -0.507 e. The van der Waals surface area contributed by atoms with Gasteiger partial charge in [0.1, 0.15) is 17.5 Å². The summed E-state index contributed by atoms with van der Waals surface area (Å²) in [6.07, 6.45) is -4.75. The summed E-state index contributed by atoms with van der Waals surface area (Å²) in [5.74, 6) is -2.99. The number of aromatic hydroxyl groups is 1. The van der Waals surface area contributed by atoms with E-state index in [4.69, 9.17) is 14.2 Å². The average Bonchev–Trinajstić information content (AvgIpc) is 2.91. The van der Waals surface area contributed by atoms with E-state index < -0.39 is 101 Å². The maximum atomic E-state index is 14.3. The molecule has 6 rings (SSSR count). The van der Waals surface area contributed by atoms with Crippen LogP contribution in [0.2, 0.25) is 0 Å². The predicted molar refractivity (Wildman–Crippen MR) is 146 cm³/mol. The summed E-state index contributed by atoms with van der Waals surface area (Å²) >= 11 is 0. The molecule has 0 unspecified atom stereocenters. The van der Waals surface area contributed by atoms with Gasteiger partial charge in [0.15, 0.2) is 29.2 Å². The van der Waals surface area contributed by atoms with E-state index in [1.54, 1.807) is 13.8 Å². The fraction of sp³-hybridized carbons (Fsp3) is 0.581. The normalized spacial score (nSPS) is 42.9. The van der Waals surface area contributed by atoms with Crippen molar-refractivity contribution in [3.63, 3.8) is 0 Å². The Morgan fingerprint density at radius 3 is 2.35 bits per heavy atom. The van der Waals surface area contributed by atoms with Gasteiger partial charge in [0.05, 0.1) is 47.3 Å². The molecule has 3 aliphatic carbocycles. The van der Waals surface area contributed by atoms with Crippen LogP contribution in [0.3, 0.4) is 0 Å². The number of aliphatic hydroxyl groups is 5. The van der Waals surface area contributed by atoms with Gasteiger partial charge in [-0.3, -0.25) is 14.4 Å². The Balaban J connectivity index is 1.47. The molecule has 2 saturated heterocycles. The lowest BCUT2D eigenvalue weighted by Gasteiger charge is -2.55. The van der Waals surface area contributed by atoms with Crippen LogP contribution in [-0.2, 0) is 19.0 Å². The highest BCUT2D eigenvalue weighted by Crippen LogP contribution is 2.54. The molecule has 1 aromatic rings. The predicted octanol–water partition coefficient (Wildman–Crippen LogP) is 0.696. The van der Waals surface area contributed by atoms with Gasteiger partial charge < -0.3 is 44.8 Å². The lowest BCUT2D eigenvalue weighted by atomic mass is 9.57. The van der Waals surface area contributed by atoms with Crippen molar-refractivity contribution < 1.29 is 59.2 Å². The molecule has 3 fully saturated rings. The number of phenols is 1. The summed E-state index contributed by atoms with van der Waals surface area (Å²) in [4.78, 5) is 42.4. The van der Waals surface area contributed by atoms with Crippen molar-refractivity contribution in [3.8, 4) is 5.75 Å². The lowest BCUT2D eigenvalue weighted by Crippen LogP contribution is -2.71. The molecule has 12 nitrogen and oxygen atoms in total. The van der Waals surface area contributed by atoms with Crippen molar-refractivity contribution in [3.05, 3.63) is 52.1 Å². The van der Waals surface area contributed by atoms with Gasteiger partial charge in [0, 0.05) is 42.4 Å². The zero-order chi connectivity index (χ0) is 31.2. The summed E-state index contributed by atoms with van der Waals surface area (Å²) in [5.41, 5.74) is -7.42. The Morgan fingerprint density at radius 1 is 0.953 bits per heavy atom. The van der Waals surface area contributed by atoms with E-state index in [0.717, 1.165) is 0 Å². The third-order valence-corrected chi connectivity index (χ3v) is 9.46. The first-order valence-corrected chi connectivity index (χ1v) is 14.5. The first-order chi connectivity index (χ1) is 20.1. The van der Waals surface area contributed by atoms with Crippen LogP contribution in [0.4, 0.5) is 0 Å². The maximum absolute atomic E-state index is 14.3. The number of hydrogen-bond acceptors (Lipinski definition) is 12. The number of rotatable bonds is 3. The van der Waals surface area contributed by atoms with E-state index >= 15 is 0 Å². The van der Waals surface area contributed by atoms with Gasteiger partial charge in [-0.1, -0.05) is 12.1 Å². The number of carbonyl (C=O) groups excluding carboxylic acids is 3. The number of allylic oxidation sites excluding steroid dienone is 2. The molecule has 10 atom stereocenters. The van der Waals surface area contributed by atoms with Crippen molar-refractivity contribution in [1.29, 1.82) is 0 Å². The van der Waals surface area contributed by atoms with E-state index in [1.807, 2.05) is 0 Å². The molecule has 5 aliphatic rings. The van der Waals surface area contributed by atoms with Crippen LogP contribution in [0.1, 0.15) is 85.3 Å². The van der Waals surface area contributed by atoms with E-state index in [9.17, 15) is 45.0 Å². The molecule has 232 valence electrons. The van der Waals surface area contributed by atoms with Crippen LogP contribution in [0.25, 0.3) is 0 Å². The fourth-order valence-electron chi connectivity index (χ4n) is 7.25. The molecule has 2 aliphatic heterocycles. The molecule has 1 saturated carbocycles. The third kappa shape index (κ3) is 4.46. The number of phenolic OH excluding ortho intramolecular Hbond substituents is 1. The van der Waals surface area contributed by atoms with Gasteiger partial charge in [-0.15, -0.1) is 0 Å². The van der Waals surface area contributed by atoms with Crippen molar-refractivity contribution >= 4 is 17.3 Å². The Kier molecular flexibility index (Phi) is 7.11. The number of ketones is 3. The summed E-state index contributed by atoms with van der Waals surface area (Å²) < 4.78 is 17.9. The van der Waals surface area contributed by atoms with Gasteiger partial charge in [-0.25, -0.2) is 0 Å². The second-order valence-corrected chi connectivity index (χ2v) is 12.7. The first-order valence-electron chi connectivity index (χ1n) is 14.5. The molecule has 12 heteroatoms. The average molecular weight is 601 g/mol. The Labute approximate surface area is 247 Å². The van der Waals surface area contributed by atoms with Crippen molar-refractivity contribution in [1.82, 2.24) is 0 Å². The van der Waals surface area contributed by atoms with E-state index in [2.05, 4.69) is 0 Å². The van der Waals surface area contributed by atoms with Gasteiger partial charge in [-0.05, 0) is 39.3 Å². The lowest BCUT2D eigenvalue weighted by molar-refractivity contribution is -0.282. The highest BCUT2D eigenvalue weighted by molar-refractivity contribution is 6.32. The number of aliphatic hydroxyl groups excluding tert-OH is 3. The summed E-state index contributed by atoms with van der Waals surface area (Å²) in [6, 6.07) is 2.69. The number of Topliss-reactive ketones (excluding diaryl/α,β-unsaturated/α-hetero) is 3. The largest absolute Gasteiger partial charge is 0.507 e. The first kappa shape index (κ1) is 30.2. The summed E-state index contributed by atoms with van der Waals surface area (Å²) in [6.45, 7) is 4.56. The van der Waals surface area contributed by atoms with Crippen LogP contribution < -0.4 is 0 Å². The zero-order valence-electron chi connectivity index (χ0n) is 24.0. The number of hydrogen-bond donors (Lipinski definition) is 6. The highest BCUT2D eigenvalue weighted by atomic mass is 16.7. The molecular weight excluding hydrogens is 564 g/mol. The molecule has 43 heavy (non-hydrogen) atoms. The molecular formula is C31H36O12. The second kappa shape index (κ2) is 10.1. The molecule has 0 spiro atoms. The highest BCUT2D eigenvalue weighted by Gasteiger charge is 2.68. The maximum Gasteiger partial charge on any atom is 0.198 e. The van der Waals surface area contributed by atoms with Gasteiger partial charge in [0.2, 0.25) is 0 Å². The van der Waals surface area contributed by atoms with Crippen LogP contribution in [-0.4, -0.2) is 102 Å². The third-order valence-electron chi connectivity index (χ3n) is 9.46. The van der Waals surface area contributed by atoms with Gasteiger partial charge in [0.25, 0.3) is 0 Å². The SMILES string of the molecule is C[C@@H]1O[C@@H](O[C@]23C(=O)C[C@](C)(O)C[C@@]2(O)C=CC2=C3C(=O)c3ccc([C@H]4C[C@@H](O)[C@H](O)[C@@H](C)O4)c(O)c3C2=O)CC[C@H]1O. The van der Waals surface area contributed by atoms with Crippen LogP contribution in [0.15, 0.2) is 35.4 Å². The smallest absolute Gasteiger partial charge is 0.198 e. The minimum absolute atomic E-state index is 0.0687. The summed E-state index contributed by atoms with van der Waals surface area (Å²) in [5, 5.41) is 64.7. The van der Waals surface area contributed by atoms with Crippen LogP contribution in [0, 0.1) is 0 Å². The Morgan fingerprint density at radius 2 is 1.67 bits per heavy atom. The van der Waals surface area contributed by atoms with Crippen LogP contribution >= 0.6 is 0 Å². The molecule has 0 bridgehead atoms. The summed E-state index contributed by atoms with van der Waals surface area (Å²) in [7, 11) is 0. The number of fused-ring (bicyclic) bond motifs is 3.